The Hall–Kier alpha value is -1.93. The first-order valence-corrected chi connectivity index (χ1v) is 11.7. The van der Waals surface area contributed by atoms with Crippen molar-refractivity contribution in [2.45, 2.75) is 24.0 Å². The summed E-state index contributed by atoms with van der Waals surface area (Å²) in [6.07, 6.45) is 3.11. The van der Waals surface area contributed by atoms with Crippen molar-refractivity contribution in [2.75, 3.05) is 38.5 Å². The monoisotopic (exact) mass is 402 g/mol. The van der Waals surface area contributed by atoms with Crippen LogP contribution in [0.15, 0.2) is 24.3 Å². The predicted octanol–water partition coefficient (Wildman–Crippen LogP) is 1.30. The lowest BCUT2D eigenvalue weighted by Gasteiger charge is -2.50. The number of nitrogens with zero attached hydrogens (tertiary/aromatic N) is 4. The maximum Gasteiger partial charge on any atom is 0.275 e. The fourth-order valence-corrected chi connectivity index (χ4v) is 7.68. The Labute approximate surface area is 165 Å². The van der Waals surface area contributed by atoms with E-state index in [1.165, 1.54) is 12.8 Å². The zero-order valence-corrected chi connectivity index (χ0v) is 17.0. The number of hydrogen-bond donors (Lipinski definition) is 0. The number of rotatable bonds is 3. The molecular weight excluding hydrogens is 376 g/mol. The summed E-state index contributed by atoms with van der Waals surface area (Å²) < 4.78 is 26.7. The van der Waals surface area contributed by atoms with Crippen molar-refractivity contribution >= 4 is 26.6 Å². The molecule has 4 heterocycles. The molecule has 0 bridgehead atoms. The zero-order chi connectivity index (χ0) is 19.5. The van der Waals surface area contributed by atoms with Gasteiger partial charge in [-0.05, 0) is 44.3 Å². The molecule has 28 heavy (non-hydrogen) atoms. The Morgan fingerprint density at radius 3 is 2.68 bits per heavy atom. The van der Waals surface area contributed by atoms with E-state index in [1.54, 1.807) is 9.58 Å². The van der Waals surface area contributed by atoms with Crippen molar-refractivity contribution in [2.24, 2.45) is 13.0 Å². The van der Waals surface area contributed by atoms with Gasteiger partial charge in [0.2, 0.25) is 0 Å². The van der Waals surface area contributed by atoms with Crippen LogP contribution < -0.4 is 0 Å². The molecule has 0 N–H and O–H groups in total. The number of hydrogen-bond acceptors (Lipinski definition) is 5. The standard InChI is InChI=1S/C20H26N4O3S/c1-22-17-7-3-2-6-16(17)18(21-22)19(25)24-13-20(14-24)15(8-11-28(20,26)27)12-23-9-4-5-10-23/h2-3,6-7,15H,4-5,8-14H2,1H3. The Bertz CT molecular complexity index is 1030. The van der Waals surface area contributed by atoms with Gasteiger partial charge in [0.25, 0.3) is 5.91 Å². The second kappa shape index (κ2) is 6.29. The zero-order valence-electron chi connectivity index (χ0n) is 16.2. The Morgan fingerprint density at radius 1 is 1.21 bits per heavy atom. The van der Waals surface area contributed by atoms with Crippen LogP contribution in [0, 0.1) is 5.92 Å². The highest BCUT2D eigenvalue weighted by Crippen LogP contribution is 2.45. The molecule has 5 rings (SSSR count). The van der Waals surface area contributed by atoms with Crippen LogP contribution in [0.2, 0.25) is 0 Å². The van der Waals surface area contributed by atoms with Gasteiger partial charge in [-0.3, -0.25) is 9.48 Å². The predicted molar refractivity (Wildman–Crippen MR) is 107 cm³/mol. The molecular formula is C20H26N4O3S. The number of amides is 1. The summed E-state index contributed by atoms with van der Waals surface area (Å²) >= 11 is 0. The van der Waals surface area contributed by atoms with E-state index in [-0.39, 0.29) is 17.6 Å². The van der Waals surface area contributed by atoms with Crippen LogP contribution in [-0.4, -0.2) is 77.1 Å². The van der Waals surface area contributed by atoms with Gasteiger partial charge in [-0.15, -0.1) is 0 Å². The lowest BCUT2D eigenvalue weighted by atomic mass is 9.82. The van der Waals surface area contributed by atoms with Crippen molar-refractivity contribution in [1.82, 2.24) is 19.6 Å². The summed E-state index contributed by atoms with van der Waals surface area (Å²) in [6, 6.07) is 7.65. The summed E-state index contributed by atoms with van der Waals surface area (Å²) in [5.41, 5.74) is 1.32. The average Bonchev–Trinajstić information content (AvgIpc) is 3.32. The molecule has 0 aliphatic carbocycles. The number of para-hydroxylation sites is 1. The third-order valence-electron chi connectivity index (χ3n) is 6.94. The normalized spacial score (nSPS) is 26.2. The van der Waals surface area contributed by atoms with Crippen LogP contribution in [0.5, 0.6) is 0 Å². The van der Waals surface area contributed by atoms with E-state index in [4.69, 9.17) is 0 Å². The highest BCUT2D eigenvalue weighted by atomic mass is 32.2. The SMILES string of the molecule is Cn1nc(C(=O)N2CC3(C2)C(CN2CCCC2)CCS3(=O)=O)c2ccccc21. The summed E-state index contributed by atoms with van der Waals surface area (Å²) in [5.74, 6) is 0.213. The third-order valence-corrected chi connectivity index (χ3v) is 9.54. The van der Waals surface area contributed by atoms with Crippen LogP contribution in [0.1, 0.15) is 29.8 Å². The molecule has 7 nitrogen and oxygen atoms in total. The number of aryl methyl sites for hydroxylation is 1. The fraction of sp³-hybridized carbons (Fsp3) is 0.600. The highest BCUT2D eigenvalue weighted by molar-refractivity contribution is 7.93. The van der Waals surface area contributed by atoms with E-state index < -0.39 is 14.6 Å². The van der Waals surface area contributed by atoms with Crippen LogP contribution in [0.3, 0.4) is 0 Å². The fourth-order valence-electron chi connectivity index (χ4n) is 5.27. The topological polar surface area (TPSA) is 75.5 Å². The number of carbonyl (C=O) groups excluding carboxylic acids is 1. The maximum absolute atomic E-state index is 13.1. The van der Waals surface area contributed by atoms with Crippen molar-refractivity contribution in [3.05, 3.63) is 30.0 Å². The van der Waals surface area contributed by atoms with E-state index in [0.29, 0.717) is 25.2 Å². The van der Waals surface area contributed by atoms with Gasteiger partial charge in [0.1, 0.15) is 4.75 Å². The molecule has 3 aliphatic heterocycles. The minimum absolute atomic E-state index is 0.125. The van der Waals surface area contributed by atoms with Crippen LogP contribution in [-0.2, 0) is 16.9 Å². The summed E-state index contributed by atoms with van der Waals surface area (Å²) in [4.78, 5) is 17.2. The lowest BCUT2D eigenvalue weighted by molar-refractivity contribution is 0.0428. The van der Waals surface area contributed by atoms with Crippen LogP contribution in [0.4, 0.5) is 0 Å². The first kappa shape index (κ1) is 18.1. The number of aromatic nitrogens is 2. The molecule has 3 saturated heterocycles. The van der Waals surface area contributed by atoms with Gasteiger partial charge in [-0.25, -0.2) is 8.42 Å². The molecule has 1 spiro atoms. The van der Waals surface area contributed by atoms with Crippen LogP contribution >= 0.6 is 0 Å². The highest BCUT2D eigenvalue weighted by Gasteiger charge is 2.62. The molecule has 150 valence electrons. The molecule has 0 radical (unpaired) electrons. The second-order valence-electron chi connectivity index (χ2n) is 8.53. The Morgan fingerprint density at radius 2 is 1.93 bits per heavy atom. The minimum Gasteiger partial charge on any atom is -0.334 e. The first-order chi connectivity index (χ1) is 13.4. The largest absolute Gasteiger partial charge is 0.334 e. The molecule has 3 fully saturated rings. The molecule has 2 aromatic rings. The molecule has 8 heteroatoms. The minimum atomic E-state index is -3.17. The summed E-state index contributed by atoms with van der Waals surface area (Å²) in [6.45, 7) is 3.58. The van der Waals surface area contributed by atoms with Crippen LogP contribution in [0.25, 0.3) is 10.9 Å². The third kappa shape index (κ3) is 2.54. The number of carbonyl (C=O) groups is 1. The van der Waals surface area contributed by atoms with E-state index in [2.05, 4.69) is 10.00 Å². The van der Waals surface area contributed by atoms with Gasteiger partial charge in [-0.1, -0.05) is 18.2 Å². The van der Waals surface area contributed by atoms with Gasteiger partial charge in [0.05, 0.1) is 11.3 Å². The lowest BCUT2D eigenvalue weighted by Crippen LogP contribution is -2.69. The quantitative estimate of drug-likeness (QED) is 0.774. The number of benzene rings is 1. The average molecular weight is 403 g/mol. The number of likely N-dealkylation sites (tertiary alicyclic amines) is 2. The molecule has 1 aromatic heterocycles. The Balaban J connectivity index is 1.39. The summed E-state index contributed by atoms with van der Waals surface area (Å²) in [7, 11) is -1.35. The van der Waals surface area contributed by atoms with Gasteiger partial charge in [0, 0.05) is 32.1 Å². The van der Waals surface area contributed by atoms with E-state index in [1.807, 2.05) is 31.3 Å². The maximum atomic E-state index is 13.1. The number of sulfone groups is 1. The molecule has 1 amide bonds. The van der Waals surface area contributed by atoms with Crippen molar-refractivity contribution in [3.8, 4) is 0 Å². The Kier molecular flexibility index (Phi) is 4.07. The molecule has 1 aromatic carbocycles. The second-order valence-corrected chi connectivity index (χ2v) is 11.0. The van der Waals surface area contributed by atoms with E-state index in [0.717, 1.165) is 30.5 Å². The van der Waals surface area contributed by atoms with Crippen molar-refractivity contribution < 1.29 is 13.2 Å². The van der Waals surface area contributed by atoms with Gasteiger partial charge in [-0.2, -0.15) is 5.10 Å². The van der Waals surface area contributed by atoms with Crippen molar-refractivity contribution in [1.29, 1.82) is 0 Å². The van der Waals surface area contributed by atoms with Gasteiger partial charge >= 0.3 is 0 Å². The van der Waals surface area contributed by atoms with E-state index in [9.17, 15) is 13.2 Å². The smallest absolute Gasteiger partial charge is 0.275 e. The van der Waals surface area contributed by atoms with Gasteiger partial charge < -0.3 is 9.80 Å². The van der Waals surface area contributed by atoms with Gasteiger partial charge in [0.15, 0.2) is 15.5 Å². The first-order valence-electron chi connectivity index (χ1n) is 10.1. The molecule has 3 aliphatic rings. The molecule has 1 atom stereocenters. The number of fused-ring (bicyclic) bond motifs is 1. The summed E-state index contributed by atoms with van der Waals surface area (Å²) in [5, 5.41) is 5.23. The van der Waals surface area contributed by atoms with E-state index >= 15 is 0 Å². The molecule has 1 unspecified atom stereocenters. The molecule has 0 saturated carbocycles. The van der Waals surface area contributed by atoms with Crippen molar-refractivity contribution in [3.63, 3.8) is 0 Å².